The van der Waals surface area contributed by atoms with E-state index in [9.17, 15) is 10.3 Å². The molecule has 3 N–H and O–H groups in total. The molecular formula is C30H30N2O4S. The van der Waals surface area contributed by atoms with Crippen molar-refractivity contribution in [2.24, 2.45) is 5.73 Å². The standard InChI is InChI=1S/C30H30N2O4S/c31-18-25-5-1-2-6-27(25)22-12-14-24(15-13-22)30-35-26(20-37-29-7-3-4-16-32(29)34)17-28(36-30)23-10-8-21(19-33)9-11-23/h1-16,26,28,30,33H,17-20,31H2. The van der Waals surface area contributed by atoms with Gasteiger partial charge in [0.15, 0.2) is 12.5 Å². The molecule has 4 aromatic rings. The van der Waals surface area contributed by atoms with Crippen LogP contribution in [0, 0.1) is 5.21 Å². The van der Waals surface area contributed by atoms with Crippen molar-refractivity contribution in [3.8, 4) is 11.1 Å². The zero-order valence-corrected chi connectivity index (χ0v) is 21.2. The number of rotatable bonds is 8. The maximum Gasteiger partial charge on any atom is 0.251 e. The average molecular weight is 515 g/mol. The second-order valence-corrected chi connectivity index (χ2v) is 10.0. The van der Waals surface area contributed by atoms with Crippen LogP contribution in [0.1, 0.15) is 41.1 Å². The summed E-state index contributed by atoms with van der Waals surface area (Å²) >= 11 is 1.48. The number of aliphatic hydroxyl groups excluding tert-OH is 1. The molecule has 0 spiro atoms. The van der Waals surface area contributed by atoms with E-state index in [0.717, 1.165) is 38.1 Å². The van der Waals surface area contributed by atoms with E-state index in [0.29, 0.717) is 23.7 Å². The first kappa shape index (κ1) is 25.4. The lowest BCUT2D eigenvalue weighted by Gasteiger charge is -2.36. The summed E-state index contributed by atoms with van der Waals surface area (Å²) in [5.74, 6) is 0.624. The highest BCUT2D eigenvalue weighted by Crippen LogP contribution is 2.39. The molecule has 190 valence electrons. The fourth-order valence-electron chi connectivity index (χ4n) is 4.53. The second kappa shape index (κ2) is 11.9. The van der Waals surface area contributed by atoms with Crippen molar-refractivity contribution in [1.29, 1.82) is 0 Å². The van der Waals surface area contributed by atoms with Gasteiger partial charge in [0.05, 0.1) is 18.8 Å². The number of nitrogens with two attached hydrogens (primary N) is 1. The molecule has 37 heavy (non-hydrogen) atoms. The van der Waals surface area contributed by atoms with E-state index >= 15 is 0 Å². The van der Waals surface area contributed by atoms with Crippen LogP contribution in [0.2, 0.25) is 0 Å². The van der Waals surface area contributed by atoms with Gasteiger partial charge in [-0.05, 0) is 33.9 Å². The molecule has 3 atom stereocenters. The summed E-state index contributed by atoms with van der Waals surface area (Å²) in [5, 5.41) is 22.2. The van der Waals surface area contributed by atoms with Gasteiger partial charge in [0.25, 0.3) is 5.03 Å². The van der Waals surface area contributed by atoms with Crippen LogP contribution < -0.4 is 10.5 Å². The number of aromatic nitrogens is 1. The number of nitrogens with zero attached hydrogens (tertiary/aromatic N) is 1. The minimum atomic E-state index is -0.546. The Hall–Kier alpha value is -3.20. The Morgan fingerprint density at radius 3 is 2.35 bits per heavy atom. The highest BCUT2D eigenvalue weighted by molar-refractivity contribution is 7.99. The van der Waals surface area contributed by atoms with Crippen molar-refractivity contribution in [2.75, 3.05) is 5.75 Å². The van der Waals surface area contributed by atoms with Gasteiger partial charge in [0, 0.05) is 36.4 Å². The third kappa shape index (κ3) is 6.04. The number of hydrogen-bond donors (Lipinski definition) is 2. The summed E-state index contributed by atoms with van der Waals surface area (Å²) in [6, 6.07) is 29.6. The third-order valence-electron chi connectivity index (χ3n) is 6.55. The molecule has 5 rings (SSSR count). The Balaban J connectivity index is 1.38. The largest absolute Gasteiger partial charge is 0.618 e. The number of benzene rings is 3. The van der Waals surface area contributed by atoms with Crippen molar-refractivity contribution in [1.82, 2.24) is 0 Å². The maximum absolute atomic E-state index is 12.1. The lowest BCUT2D eigenvalue weighted by atomic mass is 9.98. The van der Waals surface area contributed by atoms with Crippen LogP contribution >= 0.6 is 11.8 Å². The van der Waals surface area contributed by atoms with Gasteiger partial charge in [0.1, 0.15) is 0 Å². The molecule has 0 saturated carbocycles. The van der Waals surface area contributed by atoms with E-state index in [4.69, 9.17) is 15.2 Å². The van der Waals surface area contributed by atoms with Gasteiger partial charge in [-0.2, -0.15) is 4.73 Å². The van der Waals surface area contributed by atoms with Crippen molar-refractivity contribution in [3.05, 3.63) is 125 Å². The first-order valence-electron chi connectivity index (χ1n) is 12.3. The summed E-state index contributed by atoms with van der Waals surface area (Å²) in [5.41, 5.74) is 12.1. The number of pyridine rings is 1. The minimum Gasteiger partial charge on any atom is -0.618 e. The Morgan fingerprint density at radius 2 is 1.62 bits per heavy atom. The summed E-state index contributed by atoms with van der Waals surface area (Å²) in [6.45, 7) is 0.482. The molecule has 1 aromatic heterocycles. The maximum atomic E-state index is 12.1. The monoisotopic (exact) mass is 514 g/mol. The van der Waals surface area contributed by atoms with Gasteiger partial charge < -0.3 is 25.5 Å². The Kier molecular flexibility index (Phi) is 8.18. The quantitative estimate of drug-likeness (QED) is 0.189. The normalized spacial score (nSPS) is 19.6. The molecule has 1 aliphatic heterocycles. The zero-order chi connectivity index (χ0) is 25.6. The molecule has 6 nitrogen and oxygen atoms in total. The predicted octanol–water partition coefficient (Wildman–Crippen LogP) is 5.28. The molecule has 7 heteroatoms. The average Bonchev–Trinajstić information content (AvgIpc) is 2.96. The topological polar surface area (TPSA) is 91.7 Å². The second-order valence-electron chi connectivity index (χ2n) is 9.01. The smallest absolute Gasteiger partial charge is 0.251 e. The fraction of sp³-hybridized carbons (Fsp3) is 0.233. The molecule has 2 heterocycles. The third-order valence-corrected chi connectivity index (χ3v) is 7.70. The molecule has 1 fully saturated rings. The number of thioether (sulfide) groups is 1. The number of hydrogen-bond acceptors (Lipinski definition) is 6. The van der Waals surface area contributed by atoms with Gasteiger partial charge in [-0.25, -0.2) is 0 Å². The van der Waals surface area contributed by atoms with Gasteiger partial charge in [-0.1, -0.05) is 84.6 Å². The molecule has 0 amide bonds. The Bertz CT molecular complexity index is 1310. The molecule has 3 aromatic carbocycles. The molecule has 3 unspecified atom stereocenters. The summed E-state index contributed by atoms with van der Waals surface area (Å²) in [6.07, 6.45) is 1.33. The van der Waals surface area contributed by atoms with E-state index in [1.165, 1.54) is 18.0 Å². The molecular weight excluding hydrogens is 484 g/mol. The van der Waals surface area contributed by atoms with Crippen molar-refractivity contribution < 1.29 is 19.3 Å². The summed E-state index contributed by atoms with van der Waals surface area (Å²) in [4.78, 5) is 0. The van der Waals surface area contributed by atoms with Gasteiger partial charge in [-0.3, -0.25) is 0 Å². The van der Waals surface area contributed by atoms with Crippen LogP contribution in [0.4, 0.5) is 0 Å². The van der Waals surface area contributed by atoms with E-state index in [-0.39, 0.29) is 18.8 Å². The first-order valence-corrected chi connectivity index (χ1v) is 13.3. The SMILES string of the molecule is NCc1ccccc1-c1ccc(C2OC(CSc3cccc[n+]3[O-])CC(c3ccc(CO)cc3)O2)cc1. The lowest BCUT2D eigenvalue weighted by molar-refractivity contribution is -0.645. The molecule has 1 aliphatic rings. The fourth-order valence-corrected chi connectivity index (χ4v) is 5.46. The molecule has 1 saturated heterocycles. The van der Waals surface area contributed by atoms with Gasteiger partial charge in [-0.15, -0.1) is 0 Å². The number of aliphatic hydroxyl groups is 1. The predicted molar refractivity (Wildman–Crippen MR) is 144 cm³/mol. The summed E-state index contributed by atoms with van der Waals surface area (Å²) in [7, 11) is 0. The van der Waals surface area contributed by atoms with Gasteiger partial charge in [0.2, 0.25) is 0 Å². The van der Waals surface area contributed by atoms with Crippen LogP contribution in [0.5, 0.6) is 0 Å². The van der Waals surface area contributed by atoms with Crippen LogP contribution in [-0.4, -0.2) is 17.0 Å². The van der Waals surface area contributed by atoms with Crippen LogP contribution in [0.25, 0.3) is 11.1 Å². The van der Waals surface area contributed by atoms with Crippen LogP contribution in [0.15, 0.2) is 102 Å². The van der Waals surface area contributed by atoms with Gasteiger partial charge >= 0.3 is 0 Å². The van der Waals surface area contributed by atoms with Crippen molar-refractivity contribution in [2.45, 2.75) is 43.1 Å². The zero-order valence-electron chi connectivity index (χ0n) is 20.4. The van der Waals surface area contributed by atoms with Crippen molar-refractivity contribution in [3.63, 3.8) is 0 Å². The van der Waals surface area contributed by atoms with Crippen molar-refractivity contribution >= 4 is 11.8 Å². The van der Waals surface area contributed by atoms with E-state index < -0.39 is 6.29 Å². The van der Waals surface area contributed by atoms with Crippen LogP contribution in [-0.2, 0) is 22.6 Å². The molecule has 0 radical (unpaired) electrons. The van der Waals surface area contributed by atoms with Crippen LogP contribution in [0.3, 0.4) is 0 Å². The summed E-state index contributed by atoms with van der Waals surface area (Å²) < 4.78 is 13.7. The molecule has 0 aliphatic carbocycles. The van der Waals surface area contributed by atoms with E-state index in [1.807, 2.05) is 66.7 Å². The van der Waals surface area contributed by atoms with E-state index in [2.05, 4.69) is 18.2 Å². The highest BCUT2D eigenvalue weighted by Gasteiger charge is 2.32. The molecule has 0 bridgehead atoms. The van der Waals surface area contributed by atoms with E-state index in [1.54, 1.807) is 6.07 Å². The highest BCUT2D eigenvalue weighted by atomic mass is 32.2. The Labute approximate surface area is 221 Å². The first-order chi connectivity index (χ1) is 18.1. The minimum absolute atomic E-state index is 0.00269. The Morgan fingerprint density at radius 1 is 0.892 bits per heavy atom. The number of ether oxygens (including phenoxy) is 2. The lowest BCUT2D eigenvalue weighted by Crippen LogP contribution is -2.32.